The molecule has 0 unspecified atom stereocenters. The van der Waals surface area contributed by atoms with Crippen LogP contribution in [0.2, 0.25) is 0 Å². The van der Waals surface area contributed by atoms with Gasteiger partial charge in [-0.25, -0.2) is 34.5 Å². The number of nitrogens with two attached hydrogens (primary N) is 3. The SMILES string of the molecule is CC(=O)C(=O)Nc1cnc(NC(=O)OC(C)(C)C)c(C)c1.Cc1cc(NC(=O)C(=O)N2C[C@@H]3CC[C@@H](C3)[C@@H]2c2cccs2)cnc1N.Cc1cc(NC(=O)C(=O)N2C[C@@H]3CC[C@@H](C3)[C@@H]2c2cccs2)cnc1N.Cc1cc(NC(=O)C(=O)N2C[C@@H]3CC[C@@H](C3)[C@@H]2c2cccs2)cnc1NC(=O)OC(C)(C)C.Cc1cc(NC(=O)C(=O)N2C[C@H]3CC[C@H](C3)[C@H]2c2cccs2)cnc1N.[2H]CF.c1csc([C@@H]2NC[C@@H]3CC[C@H]2C3)c1. The van der Waals surface area contributed by atoms with Gasteiger partial charge in [-0.1, -0.05) is 30.3 Å². The van der Waals surface area contributed by atoms with E-state index in [0.717, 1.165) is 110 Å². The number of piperidine rings is 5. The molecule has 0 radical (unpaired) electrons. The molecule has 15 heterocycles. The second kappa shape index (κ2) is 49.2. The van der Waals surface area contributed by atoms with Gasteiger partial charge in [-0.2, -0.15) is 0 Å². The quantitative estimate of drug-likeness (QED) is 0.0478. The predicted octanol–water partition coefficient (Wildman–Crippen LogP) is 19.3. The Hall–Kier alpha value is -13.0. The molecule has 40 heteroatoms. The number of nitrogens with zero attached hydrogens (tertiary/aromatic N) is 9. The number of ether oxygens (including phenoxy) is 2. The zero-order chi connectivity index (χ0) is 106. The fourth-order valence-corrected chi connectivity index (χ4v) is 26.3. The molecule has 5 aliphatic heterocycles. The summed E-state index contributed by atoms with van der Waals surface area (Å²) in [6, 6.07) is 29.8. The van der Waals surface area contributed by atoms with E-state index in [1.54, 1.807) is 156 Å². The number of amides is 11. The number of alkyl halides is 1. The summed E-state index contributed by atoms with van der Waals surface area (Å²) in [7, 11) is -1.00. The Bertz CT molecular complexity index is 6020. The van der Waals surface area contributed by atoms with Crippen LogP contribution in [0.4, 0.5) is 71.5 Å². The molecule has 15 atom stereocenters. The van der Waals surface area contributed by atoms with Crippen molar-refractivity contribution in [2.75, 3.05) is 94.3 Å². The van der Waals surface area contributed by atoms with E-state index < -0.39 is 89.5 Å². The Labute approximate surface area is 877 Å². The Balaban J connectivity index is 0.000000141. The van der Waals surface area contributed by atoms with E-state index in [1.165, 1.54) is 78.3 Å². The monoisotopic (exact) mass is 2100 g/mol. The lowest BCUT2D eigenvalue weighted by atomic mass is 9.89. The molecule has 14 N–H and O–H groups in total. The first-order valence-corrected chi connectivity index (χ1v) is 54.2. The van der Waals surface area contributed by atoms with E-state index in [2.05, 4.69) is 109 Å². The lowest BCUT2D eigenvalue weighted by Crippen LogP contribution is -2.47. The Morgan fingerprint density at radius 2 is 0.619 bits per heavy atom. The molecule has 147 heavy (non-hydrogen) atoms. The minimum atomic E-state index is -1.00. The van der Waals surface area contributed by atoms with Crippen molar-refractivity contribution in [3.8, 4) is 0 Å². The lowest BCUT2D eigenvalue weighted by molar-refractivity contribution is -0.147. The highest BCUT2D eigenvalue weighted by Crippen LogP contribution is 2.54. The van der Waals surface area contributed by atoms with Crippen LogP contribution >= 0.6 is 56.7 Å². The number of Topliss-reactive ketones (excluding diaryl/α,β-unsaturated/α-hetero) is 1. The van der Waals surface area contributed by atoms with Gasteiger partial charge in [-0.3, -0.25) is 63.0 Å². The third-order valence-electron chi connectivity index (χ3n) is 28.3. The highest BCUT2D eigenvalue weighted by molar-refractivity contribution is 7.11. The second-order valence-electron chi connectivity index (χ2n) is 41.4. The van der Waals surface area contributed by atoms with Gasteiger partial charge in [0, 0.05) is 63.5 Å². The van der Waals surface area contributed by atoms with Gasteiger partial charge in [0.15, 0.2) is 0 Å². The van der Waals surface area contributed by atoms with Crippen molar-refractivity contribution in [2.45, 2.75) is 221 Å². The molecule has 11 amide bonds. The number of hydrogen-bond acceptors (Lipinski definition) is 28. The summed E-state index contributed by atoms with van der Waals surface area (Å²) in [5, 5.41) is 32.2. The fraction of sp³-hybridized carbons (Fsp3) is 0.467. The van der Waals surface area contributed by atoms with E-state index in [4.69, 9.17) is 28.0 Å². The van der Waals surface area contributed by atoms with Gasteiger partial charge in [0.1, 0.15) is 40.3 Å². The summed E-state index contributed by atoms with van der Waals surface area (Å²) in [5.41, 5.74) is 21.7. The number of likely N-dealkylation sites (tertiary alicyclic amines) is 4. The molecule has 0 spiro atoms. The minimum absolute atomic E-state index is 0.0123. The summed E-state index contributed by atoms with van der Waals surface area (Å²) >= 11 is 8.51. The molecule has 5 saturated heterocycles. The van der Waals surface area contributed by atoms with Gasteiger partial charge in [0.2, 0.25) is 5.78 Å². The average molecular weight is 2100 g/mol. The van der Waals surface area contributed by atoms with Gasteiger partial charge in [0.25, 0.3) is 5.91 Å². The van der Waals surface area contributed by atoms with E-state index >= 15 is 0 Å². The molecular formula is C107H133FN20O14S5. The number of anilines is 10. The number of thiophene rings is 5. The van der Waals surface area contributed by atoms with Gasteiger partial charge < -0.3 is 78.2 Å². The van der Waals surface area contributed by atoms with Gasteiger partial charge in [0.05, 0.1) is 92.1 Å². The maximum atomic E-state index is 13.2. The summed E-state index contributed by atoms with van der Waals surface area (Å²) in [4.78, 5) is 182. The van der Waals surface area contributed by atoms with Gasteiger partial charge in [-0.05, 0) is 354 Å². The number of pyridine rings is 5. The summed E-state index contributed by atoms with van der Waals surface area (Å²) in [5.74, 6) is 1.83. The number of aromatic nitrogens is 5. The van der Waals surface area contributed by atoms with Gasteiger partial charge >= 0.3 is 59.4 Å². The average Bonchev–Trinajstić information content (AvgIpc) is 1.62. The Kier molecular flexibility index (Phi) is 36.2. The summed E-state index contributed by atoms with van der Waals surface area (Å²) in [6.45, 7) is 24.5. The topological polar surface area (TPSA) is 475 Å². The zero-order valence-electron chi connectivity index (χ0n) is 85.8. The van der Waals surface area contributed by atoms with Crippen LogP contribution in [0.25, 0.3) is 0 Å². The van der Waals surface area contributed by atoms with Crippen molar-refractivity contribution < 1.29 is 72.8 Å². The van der Waals surface area contributed by atoms with Crippen LogP contribution in [-0.2, 0) is 57.4 Å². The first-order valence-electron chi connectivity index (χ1n) is 50.5. The number of rotatable bonds is 13. The van der Waals surface area contributed by atoms with Crippen molar-refractivity contribution in [3.05, 3.63) is 201 Å². The Morgan fingerprint density at radius 1 is 0.367 bits per heavy atom. The number of nitrogen functional groups attached to an aromatic ring is 3. The van der Waals surface area contributed by atoms with E-state index in [-0.39, 0.29) is 24.2 Å². The number of carbonyl (C=O) groups excluding carboxylic acids is 12. The first-order chi connectivity index (χ1) is 70.6. The zero-order valence-corrected chi connectivity index (χ0v) is 88.9. The molecule has 20 rings (SSSR count). The third-order valence-corrected chi connectivity index (χ3v) is 33.1. The van der Waals surface area contributed by atoms with Crippen molar-refractivity contribution in [1.82, 2.24) is 49.8 Å². The van der Waals surface area contributed by atoms with E-state index in [1.807, 2.05) is 77.9 Å². The number of aryl methyl sites for hydroxylation is 5. The molecule has 5 aliphatic carbocycles. The van der Waals surface area contributed by atoms with Crippen LogP contribution in [-0.4, -0.2) is 167 Å². The van der Waals surface area contributed by atoms with Crippen LogP contribution in [0, 0.1) is 93.8 Å². The molecule has 34 nitrogen and oxygen atoms in total. The molecule has 782 valence electrons. The number of nitrogens with one attached hydrogen (secondary N) is 8. The first kappa shape index (κ1) is 108. The van der Waals surface area contributed by atoms with E-state index in [0.29, 0.717) is 148 Å². The molecule has 10 aromatic rings. The minimum Gasteiger partial charge on any atom is -0.444 e. The molecular weight excluding hydrogens is 1970 g/mol. The smallest absolute Gasteiger partial charge is 0.413 e. The molecule has 0 aromatic carbocycles. The van der Waals surface area contributed by atoms with Crippen molar-refractivity contribution in [1.29, 1.82) is 0 Å². The van der Waals surface area contributed by atoms with Crippen LogP contribution in [0.1, 0.15) is 229 Å². The summed E-state index contributed by atoms with van der Waals surface area (Å²) in [6.07, 6.45) is 23.9. The lowest BCUT2D eigenvalue weighted by Gasteiger charge is -2.39. The number of fused-ring (bicyclic) bond motifs is 10. The van der Waals surface area contributed by atoms with Crippen LogP contribution in [0.15, 0.2) is 149 Å². The molecule has 10 fully saturated rings. The number of halogens is 1. The standard InChI is InChI=1S/C24H30N4O4S.3C19H22N4O2S.C14H19N3O4.C11H15NS.CH3F/c1-14-10-17(12-25-20(14)27-23(31)32-24(2,3)4)26-21(29)22(30)28-13-15-7-8-16(11-15)19(28)18-6-5-9-33-18;3*1-11-7-14(9-21-17(11)20)22-18(24)19(25)23-10-12-4-5-13(8-12)16(23)15-3-2-6-26-15;1-8-6-10(16-12(19)9(2)18)7-15-11(8)17-13(20)21-14(3,4)5;1-2-10(13-5-1)11-9-4-3-8(6-9)7-12-11;1-2/h5-6,9-10,12,15-16,19H,7-8,11,13H2,1-4H3,(H,26,29)(H,25,27,31);3*2-3,6-7,9,12-13,16H,4-5,8,10H2,1H3,(H2,20,21)(H,22,24);6-7H,1-5H3,(H,16,19)(H,15,17,20);1-2,5,8-9,11-12H,3-4,6-7H2;1H3/t15-,16+,19-;3*12-,13+,16-;;8-,9+,11-;/m1110.1./s1/i;;;;;;1D. The highest BCUT2D eigenvalue weighted by Gasteiger charge is 2.50. The van der Waals surface area contributed by atoms with Crippen molar-refractivity contribution >= 4 is 185 Å². The van der Waals surface area contributed by atoms with Crippen LogP contribution in [0.5, 0.6) is 0 Å². The molecule has 5 saturated carbocycles. The largest absolute Gasteiger partial charge is 0.444 e. The van der Waals surface area contributed by atoms with Crippen LogP contribution < -0.4 is 59.7 Å². The maximum absolute atomic E-state index is 13.2. The highest BCUT2D eigenvalue weighted by atomic mass is 32.1. The van der Waals surface area contributed by atoms with E-state index in [9.17, 15) is 61.9 Å². The Morgan fingerprint density at radius 3 is 0.878 bits per heavy atom. The van der Waals surface area contributed by atoms with Crippen molar-refractivity contribution in [3.63, 3.8) is 0 Å². The maximum Gasteiger partial charge on any atom is 0.413 e. The molecule has 10 aliphatic rings. The van der Waals surface area contributed by atoms with Crippen LogP contribution in [0.3, 0.4) is 0 Å². The number of carbonyl (C=O) groups is 12. The summed E-state index contributed by atoms with van der Waals surface area (Å²) < 4.78 is 25.9. The third kappa shape index (κ3) is 28.5. The molecule has 10 aromatic heterocycles. The normalized spacial score (nSPS) is 23.0. The fourth-order valence-electron chi connectivity index (χ4n) is 21.7. The number of hydrogen-bond donors (Lipinski definition) is 11. The van der Waals surface area contributed by atoms with Gasteiger partial charge in [-0.15, -0.1) is 56.7 Å². The predicted molar refractivity (Wildman–Crippen MR) is 573 cm³/mol. The van der Waals surface area contributed by atoms with Crippen molar-refractivity contribution in [2.24, 2.45) is 59.2 Å². The second-order valence-corrected chi connectivity index (χ2v) is 46.3. The molecule has 10 bridgehead atoms. The number of ketones is 1.